The standard InChI is InChI=1S/C18H24N2O2P2/c1-19-13-15-22-24(18-11-7-4-8-12-18)20(2)14-16-21-23(19)17-9-5-3-6-10-17/h3-12H,13-16H2,1-2H3. The maximum absolute atomic E-state index is 6.28. The Bertz CT molecular complexity index is 559. The Morgan fingerprint density at radius 3 is 1.42 bits per heavy atom. The molecular formula is C18H24N2O2P2. The first kappa shape index (κ1) is 17.9. The summed E-state index contributed by atoms with van der Waals surface area (Å²) < 4.78 is 17.1. The second-order valence-electron chi connectivity index (χ2n) is 5.65. The van der Waals surface area contributed by atoms with Gasteiger partial charge in [0.2, 0.25) is 0 Å². The average Bonchev–Trinajstić information content (AvgIpc) is 2.63. The van der Waals surface area contributed by atoms with Crippen molar-refractivity contribution in [2.75, 3.05) is 40.4 Å². The minimum Gasteiger partial charge on any atom is -0.338 e. The third-order valence-corrected chi connectivity index (χ3v) is 7.81. The van der Waals surface area contributed by atoms with E-state index in [0.29, 0.717) is 13.2 Å². The van der Waals surface area contributed by atoms with E-state index < -0.39 is 16.6 Å². The predicted molar refractivity (Wildman–Crippen MR) is 103 cm³/mol. The molecule has 0 bridgehead atoms. The molecule has 24 heavy (non-hydrogen) atoms. The first-order valence-corrected chi connectivity index (χ1v) is 10.6. The van der Waals surface area contributed by atoms with Gasteiger partial charge in [-0.2, -0.15) is 0 Å². The molecule has 2 unspecified atom stereocenters. The van der Waals surface area contributed by atoms with Crippen LogP contribution in [0.3, 0.4) is 0 Å². The van der Waals surface area contributed by atoms with Gasteiger partial charge in [0.05, 0.1) is 13.2 Å². The van der Waals surface area contributed by atoms with Gasteiger partial charge >= 0.3 is 0 Å². The fourth-order valence-electron chi connectivity index (χ4n) is 2.55. The zero-order valence-electron chi connectivity index (χ0n) is 14.2. The molecule has 3 rings (SSSR count). The summed E-state index contributed by atoms with van der Waals surface area (Å²) in [7, 11) is 2.74. The van der Waals surface area contributed by atoms with Crippen molar-refractivity contribution in [1.29, 1.82) is 0 Å². The fourth-order valence-corrected chi connectivity index (χ4v) is 5.92. The van der Waals surface area contributed by atoms with Crippen molar-refractivity contribution in [3.8, 4) is 0 Å². The minimum absolute atomic E-state index is 0.705. The number of rotatable bonds is 2. The summed E-state index contributed by atoms with van der Waals surface area (Å²) in [4.78, 5) is 0. The molecule has 6 heteroatoms. The van der Waals surface area contributed by atoms with Crippen molar-refractivity contribution in [3.05, 3.63) is 60.7 Å². The van der Waals surface area contributed by atoms with E-state index in [2.05, 4.69) is 72.0 Å². The third-order valence-electron chi connectivity index (χ3n) is 3.83. The van der Waals surface area contributed by atoms with Crippen molar-refractivity contribution < 1.29 is 9.05 Å². The number of hydrogen-bond acceptors (Lipinski definition) is 4. The Kier molecular flexibility index (Phi) is 6.74. The SMILES string of the molecule is CN1CCOP(c2ccccc2)N(C)CCOP1c1ccccc1. The van der Waals surface area contributed by atoms with Gasteiger partial charge in [-0.15, -0.1) is 0 Å². The Hall–Kier alpha value is -0.860. The van der Waals surface area contributed by atoms with Gasteiger partial charge in [0.25, 0.3) is 0 Å². The molecule has 0 saturated carbocycles. The van der Waals surface area contributed by atoms with E-state index in [9.17, 15) is 0 Å². The molecule has 2 atom stereocenters. The first-order valence-electron chi connectivity index (χ1n) is 8.14. The van der Waals surface area contributed by atoms with Crippen LogP contribution in [0.4, 0.5) is 0 Å². The summed E-state index contributed by atoms with van der Waals surface area (Å²) in [5, 5.41) is 2.51. The van der Waals surface area contributed by atoms with Crippen molar-refractivity contribution in [1.82, 2.24) is 9.34 Å². The first-order chi connectivity index (χ1) is 11.8. The molecule has 0 aliphatic carbocycles. The molecule has 0 amide bonds. The van der Waals surface area contributed by atoms with Gasteiger partial charge in [-0.05, 0) is 14.1 Å². The van der Waals surface area contributed by atoms with Gasteiger partial charge in [-0.1, -0.05) is 60.7 Å². The second-order valence-corrected chi connectivity index (χ2v) is 9.65. The monoisotopic (exact) mass is 362 g/mol. The van der Waals surface area contributed by atoms with Gasteiger partial charge in [-0.25, -0.2) is 0 Å². The van der Waals surface area contributed by atoms with E-state index in [0.717, 1.165) is 13.1 Å². The molecule has 4 nitrogen and oxygen atoms in total. The van der Waals surface area contributed by atoms with Crippen molar-refractivity contribution in [2.24, 2.45) is 0 Å². The molecule has 2 aromatic rings. The van der Waals surface area contributed by atoms with E-state index >= 15 is 0 Å². The highest BCUT2D eigenvalue weighted by Gasteiger charge is 2.24. The van der Waals surface area contributed by atoms with Crippen LogP contribution >= 0.6 is 16.6 Å². The highest BCUT2D eigenvalue weighted by atomic mass is 31.2. The Morgan fingerprint density at radius 2 is 1.04 bits per heavy atom. The van der Waals surface area contributed by atoms with Crippen LogP contribution in [0, 0.1) is 0 Å². The smallest absolute Gasteiger partial charge is 0.137 e. The van der Waals surface area contributed by atoms with Crippen LogP contribution in [0.5, 0.6) is 0 Å². The lowest BCUT2D eigenvalue weighted by Gasteiger charge is -2.33. The Balaban J connectivity index is 1.71. The van der Waals surface area contributed by atoms with E-state index in [1.807, 2.05) is 12.1 Å². The van der Waals surface area contributed by atoms with E-state index in [4.69, 9.17) is 9.05 Å². The second kappa shape index (κ2) is 9.01. The lowest BCUT2D eigenvalue weighted by molar-refractivity contribution is 0.244. The van der Waals surface area contributed by atoms with E-state index in [1.165, 1.54) is 10.6 Å². The predicted octanol–water partition coefficient (Wildman–Crippen LogP) is 3.17. The van der Waals surface area contributed by atoms with Crippen LogP contribution in [-0.2, 0) is 9.05 Å². The zero-order valence-corrected chi connectivity index (χ0v) is 16.0. The maximum Gasteiger partial charge on any atom is 0.137 e. The van der Waals surface area contributed by atoms with Crippen molar-refractivity contribution >= 4 is 27.2 Å². The molecule has 0 radical (unpaired) electrons. The molecule has 1 heterocycles. The average molecular weight is 362 g/mol. The molecule has 0 aromatic heterocycles. The summed E-state index contributed by atoms with van der Waals surface area (Å²) in [6.45, 7) is 3.13. The number of nitrogens with zero attached hydrogens (tertiary/aromatic N) is 2. The quantitative estimate of drug-likeness (QED) is 0.767. The summed E-state index contributed by atoms with van der Waals surface area (Å²) >= 11 is 0. The lowest BCUT2D eigenvalue weighted by atomic mass is 10.4. The lowest BCUT2D eigenvalue weighted by Crippen LogP contribution is -2.30. The van der Waals surface area contributed by atoms with Gasteiger partial charge in [0.1, 0.15) is 16.6 Å². The third kappa shape index (κ3) is 4.61. The highest BCUT2D eigenvalue weighted by molar-refractivity contribution is 7.59. The number of likely N-dealkylation sites (N-methyl/N-ethyl adjacent to an activating group) is 2. The molecule has 128 valence electrons. The van der Waals surface area contributed by atoms with Gasteiger partial charge in [-0.3, -0.25) is 9.34 Å². The molecule has 0 spiro atoms. The van der Waals surface area contributed by atoms with Crippen LogP contribution < -0.4 is 10.6 Å². The number of benzene rings is 2. The van der Waals surface area contributed by atoms with Crippen molar-refractivity contribution in [3.63, 3.8) is 0 Å². The molecule has 1 aliphatic rings. The molecule has 1 saturated heterocycles. The van der Waals surface area contributed by atoms with E-state index in [1.54, 1.807) is 0 Å². The van der Waals surface area contributed by atoms with Crippen LogP contribution in [0.15, 0.2) is 60.7 Å². The Labute approximate surface area is 147 Å². The molecule has 0 N–H and O–H groups in total. The summed E-state index contributed by atoms with van der Waals surface area (Å²) in [6.07, 6.45) is 0. The molecular weight excluding hydrogens is 338 g/mol. The Morgan fingerprint density at radius 1 is 0.667 bits per heavy atom. The topological polar surface area (TPSA) is 24.9 Å². The summed E-state index contributed by atoms with van der Waals surface area (Å²) in [5.74, 6) is 0. The van der Waals surface area contributed by atoms with Crippen LogP contribution in [0.25, 0.3) is 0 Å². The fraction of sp³-hybridized carbons (Fsp3) is 0.333. The molecule has 1 fully saturated rings. The van der Waals surface area contributed by atoms with Gasteiger partial charge in [0, 0.05) is 23.7 Å². The largest absolute Gasteiger partial charge is 0.338 e. The molecule has 1 aliphatic heterocycles. The van der Waals surface area contributed by atoms with Crippen LogP contribution in [-0.4, -0.2) is 49.7 Å². The van der Waals surface area contributed by atoms with Crippen LogP contribution in [0.1, 0.15) is 0 Å². The highest BCUT2D eigenvalue weighted by Crippen LogP contribution is 2.43. The zero-order chi connectivity index (χ0) is 16.8. The summed E-state index contributed by atoms with van der Waals surface area (Å²) in [5.41, 5.74) is 0. The van der Waals surface area contributed by atoms with Gasteiger partial charge in [0.15, 0.2) is 0 Å². The molecule has 2 aromatic carbocycles. The number of hydrogen-bond donors (Lipinski definition) is 0. The minimum atomic E-state index is -0.754. The van der Waals surface area contributed by atoms with Crippen molar-refractivity contribution in [2.45, 2.75) is 0 Å². The van der Waals surface area contributed by atoms with Gasteiger partial charge < -0.3 is 9.05 Å². The maximum atomic E-state index is 6.28. The summed E-state index contributed by atoms with van der Waals surface area (Å²) in [6, 6.07) is 21.0. The van der Waals surface area contributed by atoms with E-state index in [-0.39, 0.29) is 0 Å². The van der Waals surface area contributed by atoms with Crippen LogP contribution in [0.2, 0.25) is 0 Å². The normalized spacial score (nSPS) is 24.6.